The first-order chi connectivity index (χ1) is 4.35. The molecule has 1 heteroatoms. The molecule has 0 aliphatic rings. The highest BCUT2D eigenvalue weighted by Gasteiger charge is 1.84. The highest BCUT2D eigenvalue weighted by molar-refractivity contribution is 7.80. The second-order valence-electron chi connectivity index (χ2n) is 1.66. The molecule has 0 spiro atoms. The normalized spacial score (nSPS) is 11.0. The second kappa shape index (κ2) is 5.70. The van der Waals surface area contributed by atoms with Crippen molar-refractivity contribution in [1.29, 1.82) is 0 Å². The van der Waals surface area contributed by atoms with Crippen LogP contribution in [0.15, 0.2) is 37.0 Å². The maximum Gasteiger partial charge on any atom is -0.00574 e. The molecule has 0 aromatic carbocycles. The maximum absolute atomic E-state index is 4.08. The predicted octanol–water partition coefficient (Wildman–Crippen LogP) is 2.60. The number of hydrogen-bond donors (Lipinski definition) is 1. The Morgan fingerprint density at radius 1 is 1.44 bits per heavy atom. The lowest BCUT2D eigenvalue weighted by Crippen LogP contribution is -1.77. The number of thiol groups is 1. The summed E-state index contributed by atoms with van der Waals surface area (Å²) in [7, 11) is 0. The van der Waals surface area contributed by atoms with Crippen molar-refractivity contribution in [1.82, 2.24) is 0 Å². The first-order valence-electron chi connectivity index (χ1n) is 2.90. The fraction of sp³-hybridized carbons (Fsp3) is 0.250. The van der Waals surface area contributed by atoms with Crippen molar-refractivity contribution in [2.24, 2.45) is 0 Å². The van der Waals surface area contributed by atoms with Gasteiger partial charge in [0.25, 0.3) is 0 Å². The Morgan fingerprint density at radius 3 is 2.44 bits per heavy atom. The summed E-state index contributed by atoms with van der Waals surface area (Å²) in [5.74, 6) is 0.867. The van der Waals surface area contributed by atoms with Crippen molar-refractivity contribution in [2.75, 3.05) is 5.75 Å². The minimum absolute atomic E-state index is 0.867. The van der Waals surface area contributed by atoms with Crippen molar-refractivity contribution in [3.63, 3.8) is 0 Å². The van der Waals surface area contributed by atoms with Gasteiger partial charge < -0.3 is 0 Å². The zero-order valence-corrected chi connectivity index (χ0v) is 6.40. The van der Waals surface area contributed by atoms with Crippen LogP contribution in [0.4, 0.5) is 0 Å². The Bertz CT molecular complexity index is 123. The predicted molar refractivity (Wildman–Crippen MR) is 46.9 cm³/mol. The Morgan fingerprint density at radius 2 is 2.11 bits per heavy atom. The topological polar surface area (TPSA) is 0 Å². The molecule has 0 N–H and O–H groups in total. The van der Waals surface area contributed by atoms with E-state index in [4.69, 9.17) is 0 Å². The minimum atomic E-state index is 0.867. The van der Waals surface area contributed by atoms with Gasteiger partial charge in [-0.1, -0.05) is 31.4 Å². The first-order valence-corrected chi connectivity index (χ1v) is 3.53. The van der Waals surface area contributed by atoms with Crippen LogP contribution in [0, 0.1) is 0 Å². The van der Waals surface area contributed by atoms with Gasteiger partial charge in [-0.3, -0.25) is 0 Å². The molecule has 0 radical (unpaired) electrons. The van der Waals surface area contributed by atoms with Crippen molar-refractivity contribution in [2.45, 2.75) is 6.42 Å². The van der Waals surface area contributed by atoms with E-state index >= 15 is 0 Å². The van der Waals surface area contributed by atoms with E-state index in [1.807, 2.05) is 12.2 Å². The Hall–Kier alpha value is -0.430. The molecule has 0 unspecified atom stereocenters. The molecule has 0 amide bonds. The van der Waals surface area contributed by atoms with E-state index in [0.717, 1.165) is 12.2 Å². The molecule has 0 bridgehead atoms. The lowest BCUT2D eigenvalue weighted by molar-refractivity contribution is 1.18. The molecular weight excluding hydrogens is 128 g/mol. The zero-order valence-electron chi connectivity index (χ0n) is 5.51. The van der Waals surface area contributed by atoms with Gasteiger partial charge in [0.2, 0.25) is 0 Å². The van der Waals surface area contributed by atoms with Gasteiger partial charge in [0.15, 0.2) is 0 Å². The average molecular weight is 140 g/mol. The molecular formula is C8H12S. The van der Waals surface area contributed by atoms with Crippen LogP contribution in [0.5, 0.6) is 0 Å². The third-order valence-corrected chi connectivity index (χ3v) is 1.22. The quantitative estimate of drug-likeness (QED) is 0.450. The van der Waals surface area contributed by atoms with Gasteiger partial charge in [0.1, 0.15) is 0 Å². The fourth-order valence-corrected chi connectivity index (χ4v) is 0.792. The molecule has 0 heterocycles. The summed E-state index contributed by atoms with van der Waals surface area (Å²) in [5, 5.41) is 0. The second-order valence-corrected chi connectivity index (χ2v) is 2.10. The molecule has 0 rings (SSSR count). The Balaban J connectivity index is 3.80. The first kappa shape index (κ1) is 8.57. The summed E-state index contributed by atoms with van der Waals surface area (Å²) in [6, 6.07) is 0. The van der Waals surface area contributed by atoms with E-state index < -0.39 is 0 Å². The lowest BCUT2D eigenvalue weighted by Gasteiger charge is -1.93. The molecule has 0 atom stereocenters. The Kier molecular flexibility index (Phi) is 5.43. The summed E-state index contributed by atoms with van der Waals surface area (Å²) >= 11 is 4.08. The third kappa shape index (κ3) is 4.10. The van der Waals surface area contributed by atoms with Crippen molar-refractivity contribution < 1.29 is 0 Å². The van der Waals surface area contributed by atoms with Crippen LogP contribution < -0.4 is 0 Å². The SMILES string of the molecule is C=C/C=C(\C=C)CCS. The van der Waals surface area contributed by atoms with Crippen LogP contribution in [0.25, 0.3) is 0 Å². The number of allylic oxidation sites excluding steroid dienone is 4. The molecule has 9 heavy (non-hydrogen) atoms. The van der Waals surface area contributed by atoms with Gasteiger partial charge in [0.05, 0.1) is 0 Å². The molecule has 0 aromatic heterocycles. The fourth-order valence-electron chi connectivity index (χ4n) is 0.534. The van der Waals surface area contributed by atoms with Crippen LogP contribution in [-0.4, -0.2) is 5.75 Å². The summed E-state index contributed by atoms with van der Waals surface area (Å²) in [4.78, 5) is 0. The molecule has 50 valence electrons. The average Bonchev–Trinajstić information content (AvgIpc) is 1.88. The molecule has 0 aromatic rings. The van der Waals surface area contributed by atoms with Crippen LogP contribution >= 0.6 is 12.6 Å². The van der Waals surface area contributed by atoms with E-state index in [-0.39, 0.29) is 0 Å². The van der Waals surface area contributed by atoms with E-state index in [0.29, 0.717) is 0 Å². The summed E-state index contributed by atoms with van der Waals surface area (Å²) in [6.45, 7) is 7.23. The van der Waals surface area contributed by atoms with Gasteiger partial charge in [0, 0.05) is 0 Å². The number of rotatable bonds is 4. The van der Waals surface area contributed by atoms with E-state index in [2.05, 4.69) is 25.8 Å². The molecule has 0 fully saturated rings. The number of hydrogen-bond acceptors (Lipinski definition) is 1. The van der Waals surface area contributed by atoms with Crippen molar-refractivity contribution >= 4 is 12.6 Å². The zero-order chi connectivity index (χ0) is 7.11. The third-order valence-electron chi connectivity index (χ3n) is 0.995. The van der Waals surface area contributed by atoms with Gasteiger partial charge >= 0.3 is 0 Å². The van der Waals surface area contributed by atoms with Crippen LogP contribution in [0.1, 0.15) is 6.42 Å². The molecule has 0 saturated heterocycles. The maximum atomic E-state index is 4.08. The van der Waals surface area contributed by atoms with Crippen LogP contribution in [0.2, 0.25) is 0 Å². The van der Waals surface area contributed by atoms with Crippen LogP contribution in [-0.2, 0) is 0 Å². The largest absolute Gasteiger partial charge is 0.179 e. The van der Waals surface area contributed by atoms with Crippen molar-refractivity contribution in [3.8, 4) is 0 Å². The minimum Gasteiger partial charge on any atom is -0.179 e. The Labute approximate surface area is 62.4 Å². The van der Waals surface area contributed by atoms with E-state index in [1.165, 1.54) is 5.57 Å². The molecule has 0 nitrogen and oxygen atoms in total. The van der Waals surface area contributed by atoms with Gasteiger partial charge in [-0.25, -0.2) is 0 Å². The summed E-state index contributed by atoms with van der Waals surface area (Å²) < 4.78 is 0. The molecule has 0 saturated carbocycles. The highest BCUT2D eigenvalue weighted by Crippen LogP contribution is 2.02. The summed E-state index contributed by atoms with van der Waals surface area (Å²) in [6.07, 6.45) is 6.51. The highest BCUT2D eigenvalue weighted by atomic mass is 32.1. The van der Waals surface area contributed by atoms with E-state index in [1.54, 1.807) is 6.08 Å². The van der Waals surface area contributed by atoms with Crippen LogP contribution in [0.3, 0.4) is 0 Å². The molecule has 0 aliphatic carbocycles. The van der Waals surface area contributed by atoms with Gasteiger partial charge in [-0.2, -0.15) is 12.6 Å². The standard InChI is InChI=1S/C8H12S/c1-3-5-8(4-2)6-7-9/h3-5,9H,1-2,6-7H2/b8-5+. The van der Waals surface area contributed by atoms with Gasteiger partial charge in [-0.15, -0.1) is 0 Å². The van der Waals surface area contributed by atoms with Gasteiger partial charge in [-0.05, 0) is 17.7 Å². The smallest absolute Gasteiger partial charge is 0.00574 e. The molecule has 0 aliphatic heterocycles. The monoisotopic (exact) mass is 140 g/mol. The lowest BCUT2D eigenvalue weighted by atomic mass is 10.2. The summed E-state index contributed by atoms with van der Waals surface area (Å²) in [5.41, 5.74) is 1.19. The van der Waals surface area contributed by atoms with E-state index in [9.17, 15) is 0 Å². The van der Waals surface area contributed by atoms with Crippen molar-refractivity contribution in [3.05, 3.63) is 37.0 Å².